The molecule has 2 N–H and O–H groups in total. The maximum absolute atomic E-state index is 12.5. The van der Waals surface area contributed by atoms with Crippen molar-refractivity contribution in [2.45, 2.75) is 19.5 Å². The van der Waals surface area contributed by atoms with Gasteiger partial charge in [0.05, 0.1) is 39.9 Å². The third-order valence-electron chi connectivity index (χ3n) is 5.87. The first-order valence-corrected chi connectivity index (χ1v) is 12.4. The van der Waals surface area contributed by atoms with Gasteiger partial charge in [0.2, 0.25) is 5.62 Å². The Labute approximate surface area is 234 Å². The van der Waals surface area contributed by atoms with Gasteiger partial charge in [0.1, 0.15) is 5.75 Å². The molecule has 0 saturated carbocycles. The number of alkyl halides is 3. The van der Waals surface area contributed by atoms with Crippen molar-refractivity contribution in [1.82, 2.24) is 35.1 Å². The summed E-state index contributed by atoms with van der Waals surface area (Å²) >= 11 is 12.6. The molecule has 1 amide bonds. The van der Waals surface area contributed by atoms with E-state index in [1.807, 2.05) is 4.57 Å². The lowest BCUT2D eigenvalue weighted by atomic mass is 10.1. The number of carbonyl (C=O) groups excluding carboxylic acids is 1. The van der Waals surface area contributed by atoms with E-state index in [1.165, 1.54) is 24.3 Å². The number of aryl methyl sites for hydroxylation is 1. The van der Waals surface area contributed by atoms with E-state index in [9.17, 15) is 18.0 Å². The van der Waals surface area contributed by atoms with Crippen molar-refractivity contribution in [1.29, 1.82) is 0 Å². The van der Waals surface area contributed by atoms with E-state index in [2.05, 4.69) is 35.7 Å². The average Bonchev–Trinajstić information content (AvgIpc) is 3.52. The van der Waals surface area contributed by atoms with E-state index in [4.69, 9.17) is 23.2 Å². The molecule has 0 spiro atoms. The first-order chi connectivity index (χ1) is 19.1. The van der Waals surface area contributed by atoms with Gasteiger partial charge in [0.15, 0.2) is 5.82 Å². The smallest absolute Gasteiger partial charge is 0.406 e. The molecule has 10 nitrogen and oxygen atoms in total. The Morgan fingerprint density at radius 1 is 1.05 bits per heavy atom. The van der Waals surface area contributed by atoms with E-state index < -0.39 is 6.36 Å². The standard InChI is InChI=1S/C25H19Cl2F3N8O2/c1-37-20-10-18(26)19(27)11-21(20)38(24(37)32-16-6-8-17(9-7-16)40-25(28,29)30)13-14-2-4-15(5-3-14)23(39)31-12-22-33-35-36-34-22/h2-11H,12-13H2,1H3,(H,31,39)(H,33,34,35,36)/b32-24+. The molecule has 0 bridgehead atoms. The first-order valence-electron chi connectivity index (χ1n) is 11.6. The third kappa shape index (κ3) is 6.10. The van der Waals surface area contributed by atoms with Gasteiger partial charge in [-0.2, -0.15) is 0 Å². The van der Waals surface area contributed by atoms with Crippen molar-refractivity contribution in [2.24, 2.45) is 12.0 Å². The van der Waals surface area contributed by atoms with Crippen LogP contribution in [0.5, 0.6) is 5.75 Å². The number of halogens is 5. The number of nitrogens with zero attached hydrogens (tertiary/aromatic N) is 6. The number of imidazole rings is 1. The van der Waals surface area contributed by atoms with Gasteiger partial charge in [-0.15, -0.1) is 18.3 Å². The number of H-pyrrole nitrogens is 1. The molecule has 2 aromatic heterocycles. The number of tetrazole rings is 1. The van der Waals surface area contributed by atoms with Crippen LogP contribution in [0.4, 0.5) is 18.9 Å². The summed E-state index contributed by atoms with van der Waals surface area (Å²) in [6, 6.07) is 15.7. The zero-order valence-electron chi connectivity index (χ0n) is 20.6. The zero-order valence-corrected chi connectivity index (χ0v) is 22.1. The number of rotatable bonds is 7. The van der Waals surface area contributed by atoms with Gasteiger partial charge in [0, 0.05) is 12.6 Å². The summed E-state index contributed by atoms with van der Waals surface area (Å²) in [5.41, 5.74) is 3.66. The predicted octanol–water partition coefficient (Wildman–Crippen LogP) is 4.91. The van der Waals surface area contributed by atoms with Crippen LogP contribution < -0.4 is 15.7 Å². The molecule has 0 aliphatic heterocycles. The molecule has 2 heterocycles. The number of hydrogen-bond donors (Lipinski definition) is 2. The van der Waals surface area contributed by atoms with E-state index >= 15 is 0 Å². The quantitative estimate of drug-likeness (QED) is 0.279. The van der Waals surface area contributed by atoms with Crippen LogP contribution in [0.25, 0.3) is 11.0 Å². The molecular weight excluding hydrogens is 572 g/mol. The number of aromatic amines is 1. The van der Waals surface area contributed by atoms with E-state index in [0.717, 1.165) is 16.6 Å². The topological polar surface area (TPSA) is 115 Å². The van der Waals surface area contributed by atoms with Crippen LogP contribution in [-0.2, 0) is 20.1 Å². The largest absolute Gasteiger partial charge is 0.573 e. The van der Waals surface area contributed by atoms with Crippen molar-refractivity contribution in [2.75, 3.05) is 0 Å². The van der Waals surface area contributed by atoms with E-state index in [0.29, 0.717) is 39.3 Å². The lowest BCUT2D eigenvalue weighted by Crippen LogP contribution is -2.25. The molecule has 15 heteroatoms. The summed E-state index contributed by atoms with van der Waals surface area (Å²) in [5.74, 6) is -0.220. The van der Waals surface area contributed by atoms with Crippen molar-refractivity contribution < 1.29 is 22.7 Å². The van der Waals surface area contributed by atoms with Crippen molar-refractivity contribution in [3.8, 4) is 5.75 Å². The average molecular weight is 591 g/mol. The number of aromatic nitrogens is 6. The second-order valence-electron chi connectivity index (χ2n) is 8.58. The van der Waals surface area contributed by atoms with Crippen molar-refractivity contribution >= 4 is 45.8 Å². The fourth-order valence-corrected chi connectivity index (χ4v) is 4.32. The molecule has 0 aliphatic carbocycles. The molecule has 5 rings (SSSR count). The van der Waals surface area contributed by atoms with Crippen LogP contribution in [0, 0.1) is 0 Å². The molecule has 0 fully saturated rings. The zero-order chi connectivity index (χ0) is 28.4. The van der Waals surface area contributed by atoms with Gasteiger partial charge >= 0.3 is 6.36 Å². The highest BCUT2D eigenvalue weighted by molar-refractivity contribution is 6.42. The third-order valence-corrected chi connectivity index (χ3v) is 6.60. The van der Waals surface area contributed by atoms with Gasteiger partial charge in [-0.3, -0.25) is 4.79 Å². The molecule has 0 atom stereocenters. The SMILES string of the molecule is Cn1/c(=N\c2ccc(OC(F)(F)F)cc2)n(Cc2ccc(C(=O)NCc3nnn[nH]3)cc2)c2cc(Cl)c(Cl)cc21. The highest BCUT2D eigenvalue weighted by atomic mass is 35.5. The molecule has 0 saturated heterocycles. The highest BCUT2D eigenvalue weighted by Gasteiger charge is 2.31. The highest BCUT2D eigenvalue weighted by Crippen LogP contribution is 2.28. The number of benzene rings is 3. The Hall–Kier alpha value is -4.36. The Bertz CT molecular complexity index is 1730. The molecular formula is C25H19Cl2F3N8O2. The molecule has 0 unspecified atom stereocenters. The Kier molecular flexibility index (Phi) is 7.50. The molecule has 3 aromatic carbocycles. The summed E-state index contributed by atoms with van der Waals surface area (Å²) in [6.07, 6.45) is -4.79. The van der Waals surface area contributed by atoms with Crippen molar-refractivity contribution in [3.05, 3.63) is 93.3 Å². The van der Waals surface area contributed by atoms with Crippen molar-refractivity contribution in [3.63, 3.8) is 0 Å². The fraction of sp³-hybridized carbons (Fsp3) is 0.160. The molecule has 40 heavy (non-hydrogen) atoms. The summed E-state index contributed by atoms with van der Waals surface area (Å²) in [5, 5.41) is 16.7. The maximum atomic E-state index is 12.5. The molecule has 206 valence electrons. The summed E-state index contributed by atoms with van der Waals surface area (Å²) < 4.78 is 45.3. The van der Waals surface area contributed by atoms with Crippen LogP contribution in [0.3, 0.4) is 0 Å². The Morgan fingerprint density at radius 2 is 1.73 bits per heavy atom. The molecule has 0 radical (unpaired) electrons. The fourth-order valence-electron chi connectivity index (χ4n) is 4.00. The number of amides is 1. The Balaban J connectivity index is 1.47. The lowest BCUT2D eigenvalue weighted by molar-refractivity contribution is -0.274. The van der Waals surface area contributed by atoms with Gasteiger partial charge in [0.25, 0.3) is 5.91 Å². The maximum Gasteiger partial charge on any atom is 0.573 e. The second-order valence-corrected chi connectivity index (χ2v) is 9.40. The van der Waals surface area contributed by atoms with Crippen LogP contribution in [0.1, 0.15) is 21.7 Å². The normalized spacial score (nSPS) is 12.2. The van der Waals surface area contributed by atoms with Crippen LogP contribution in [0.2, 0.25) is 10.0 Å². The minimum atomic E-state index is -4.79. The first kappa shape index (κ1) is 27.2. The van der Waals surface area contributed by atoms with E-state index in [-0.39, 0.29) is 18.2 Å². The number of carbonyl (C=O) groups is 1. The minimum Gasteiger partial charge on any atom is -0.406 e. The number of hydrogen-bond acceptors (Lipinski definition) is 6. The van der Waals surface area contributed by atoms with Crippen LogP contribution in [-0.4, -0.2) is 42.0 Å². The summed E-state index contributed by atoms with van der Waals surface area (Å²) in [7, 11) is 1.79. The number of ether oxygens (including phenoxy) is 1. The van der Waals surface area contributed by atoms with Gasteiger partial charge in [-0.05, 0) is 64.5 Å². The summed E-state index contributed by atoms with van der Waals surface area (Å²) in [6.45, 7) is 0.492. The van der Waals surface area contributed by atoms with Gasteiger partial charge in [-0.1, -0.05) is 35.3 Å². The van der Waals surface area contributed by atoms with Gasteiger partial charge < -0.3 is 19.2 Å². The minimum absolute atomic E-state index is 0.150. The van der Waals surface area contributed by atoms with Crippen LogP contribution in [0.15, 0.2) is 65.7 Å². The van der Waals surface area contributed by atoms with E-state index in [1.54, 1.807) is 48.0 Å². The van der Waals surface area contributed by atoms with Crippen LogP contribution >= 0.6 is 23.2 Å². The molecule has 0 aliphatic rings. The lowest BCUT2D eigenvalue weighted by Gasteiger charge is -2.09. The predicted molar refractivity (Wildman–Crippen MR) is 140 cm³/mol. The number of fused-ring (bicyclic) bond motifs is 1. The monoisotopic (exact) mass is 590 g/mol. The van der Waals surface area contributed by atoms with Gasteiger partial charge in [-0.25, -0.2) is 10.1 Å². The molecule has 5 aromatic rings. The number of nitrogens with one attached hydrogen (secondary N) is 2. The summed E-state index contributed by atoms with van der Waals surface area (Å²) in [4.78, 5) is 17.2. The second kappa shape index (κ2) is 11.0. The Morgan fingerprint density at radius 3 is 2.35 bits per heavy atom.